The number of phosphoric ester groups is 1. The first-order valence-corrected chi connectivity index (χ1v) is 25.7. The lowest BCUT2D eigenvalue weighted by Crippen LogP contribution is -2.29. The molecule has 2 unspecified atom stereocenters. The molecule has 0 bridgehead atoms. The van der Waals surface area contributed by atoms with Crippen LogP contribution in [0.1, 0.15) is 194 Å². The number of esters is 2. The van der Waals surface area contributed by atoms with Crippen molar-refractivity contribution in [2.75, 3.05) is 40.5 Å². The average Bonchev–Trinajstić information content (AvgIpc) is 3.23. The third kappa shape index (κ3) is 46.8. The van der Waals surface area contributed by atoms with Crippen molar-refractivity contribution in [3.63, 3.8) is 0 Å². The molecule has 2 atom stereocenters. The molecule has 0 aliphatic heterocycles. The van der Waals surface area contributed by atoms with E-state index in [-0.39, 0.29) is 26.1 Å². The maximum atomic E-state index is 12.7. The van der Waals surface area contributed by atoms with Gasteiger partial charge in [0.2, 0.25) is 0 Å². The van der Waals surface area contributed by atoms with Crippen LogP contribution in [0, 0.1) is 0 Å². The van der Waals surface area contributed by atoms with Crippen molar-refractivity contribution in [2.45, 2.75) is 200 Å². The molecule has 0 amide bonds. The van der Waals surface area contributed by atoms with Crippen LogP contribution in [0.2, 0.25) is 0 Å². The second-order valence-corrected chi connectivity index (χ2v) is 17.7. The molecule has 61 heavy (non-hydrogen) atoms. The van der Waals surface area contributed by atoms with Crippen LogP contribution in [0.5, 0.6) is 0 Å². The molecule has 0 saturated heterocycles. The number of carbonyl (C=O) groups excluding carboxylic acids is 2. The van der Waals surface area contributed by atoms with Gasteiger partial charge in [-0.25, -0.2) is 4.57 Å². The average molecular weight is 876 g/mol. The minimum Gasteiger partial charge on any atom is -0.462 e. The predicted octanol–water partition coefficient (Wildman–Crippen LogP) is 14.4. The molecule has 0 aromatic heterocycles. The summed E-state index contributed by atoms with van der Waals surface area (Å²) in [5.74, 6) is -0.898. The largest absolute Gasteiger partial charge is 0.472 e. The van der Waals surface area contributed by atoms with Gasteiger partial charge in [-0.2, -0.15) is 0 Å². The molecule has 0 heterocycles. The van der Waals surface area contributed by atoms with Crippen LogP contribution in [0.15, 0.2) is 72.9 Å². The first kappa shape index (κ1) is 58.5. The molecule has 10 heteroatoms. The van der Waals surface area contributed by atoms with Gasteiger partial charge in [-0.1, -0.05) is 202 Å². The minimum absolute atomic E-state index is 0.00574. The predicted molar refractivity (Wildman–Crippen MR) is 257 cm³/mol. The summed E-state index contributed by atoms with van der Waals surface area (Å²) in [6.45, 7) is 4.14. The smallest absolute Gasteiger partial charge is 0.462 e. The van der Waals surface area contributed by atoms with Gasteiger partial charge in [-0.05, 0) is 65.5 Å². The van der Waals surface area contributed by atoms with E-state index in [2.05, 4.69) is 74.6 Å². The molecule has 1 N–H and O–H groups in total. The van der Waals surface area contributed by atoms with E-state index in [9.17, 15) is 19.0 Å². The number of ether oxygens (including phenoxy) is 2. The number of phosphoric acid groups is 1. The number of nitrogens with zero attached hydrogens (tertiary/aromatic N) is 1. The maximum absolute atomic E-state index is 12.7. The molecule has 0 aliphatic carbocycles. The number of allylic oxidation sites excluding steroid dienone is 12. The molecular formula is C51H90NO8P. The SMILES string of the molecule is CC/C=C\C/C=C\C/C=C\C/C=C\C/C=C\C/C=C\CCC(=O)OCC(COP(=O)(O)OCCN(C)C)OC(=O)CCCCCCCCCCCCCCCCCCCCC. The zero-order valence-corrected chi connectivity index (χ0v) is 40.2. The zero-order chi connectivity index (χ0) is 44.8. The van der Waals surface area contributed by atoms with Crippen LogP contribution in [0.3, 0.4) is 0 Å². The van der Waals surface area contributed by atoms with Gasteiger partial charge in [0.25, 0.3) is 0 Å². The van der Waals surface area contributed by atoms with E-state index in [0.717, 1.165) is 57.8 Å². The molecule has 0 saturated carbocycles. The van der Waals surface area contributed by atoms with Crippen molar-refractivity contribution >= 4 is 19.8 Å². The summed E-state index contributed by atoms with van der Waals surface area (Å²) in [6, 6.07) is 0. The van der Waals surface area contributed by atoms with E-state index in [4.69, 9.17) is 18.5 Å². The fourth-order valence-electron chi connectivity index (χ4n) is 6.36. The van der Waals surface area contributed by atoms with Crippen LogP contribution in [-0.2, 0) is 32.7 Å². The van der Waals surface area contributed by atoms with Gasteiger partial charge in [0, 0.05) is 19.4 Å². The summed E-state index contributed by atoms with van der Waals surface area (Å²) in [5.41, 5.74) is 0. The van der Waals surface area contributed by atoms with Crippen molar-refractivity contribution in [3.05, 3.63) is 72.9 Å². The van der Waals surface area contributed by atoms with E-state index in [0.29, 0.717) is 19.4 Å². The van der Waals surface area contributed by atoms with Crippen molar-refractivity contribution in [1.29, 1.82) is 0 Å². The Morgan fingerprint density at radius 3 is 1.36 bits per heavy atom. The number of unbranched alkanes of at least 4 members (excludes halogenated alkanes) is 18. The summed E-state index contributed by atoms with van der Waals surface area (Å²) in [5, 5.41) is 0. The lowest BCUT2D eigenvalue weighted by atomic mass is 10.0. The quantitative estimate of drug-likeness (QED) is 0.0277. The summed E-state index contributed by atoms with van der Waals surface area (Å²) in [6.07, 6.45) is 55.4. The van der Waals surface area contributed by atoms with Gasteiger partial charge < -0.3 is 19.3 Å². The van der Waals surface area contributed by atoms with E-state index < -0.39 is 32.5 Å². The number of likely N-dealkylation sites (N-methyl/N-ethyl adjacent to an activating group) is 1. The topological polar surface area (TPSA) is 112 Å². The fraction of sp³-hybridized carbons (Fsp3) is 0.725. The fourth-order valence-corrected chi connectivity index (χ4v) is 7.10. The second kappa shape index (κ2) is 45.5. The van der Waals surface area contributed by atoms with E-state index >= 15 is 0 Å². The lowest BCUT2D eigenvalue weighted by molar-refractivity contribution is -0.161. The van der Waals surface area contributed by atoms with Gasteiger partial charge in [0.1, 0.15) is 6.61 Å². The molecule has 0 aromatic carbocycles. The molecule has 0 radical (unpaired) electrons. The summed E-state index contributed by atoms with van der Waals surface area (Å²) >= 11 is 0. The molecule has 0 aromatic rings. The minimum atomic E-state index is -4.38. The Balaban J connectivity index is 4.33. The van der Waals surface area contributed by atoms with Crippen molar-refractivity contribution in [1.82, 2.24) is 4.90 Å². The Morgan fingerprint density at radius 2 is 0.934 bits per heavy atom. The Hall–Kier alpha value is -2.55. The third-order valence-corrected chi connectivity index (χ3v) is 11.0. The molecule has 9 nitrogen and oxygen atoms in total. The monoisotopic (exact) mass is 876 g/mol. The molecule has 0 rings (SSSR count). The first-order chi connectivity index (χ1) is 29.7. The normalized spacial score (nSPS) is 13.9. The van der Waals surface area contributed by atoms with Crippen LogP contribution < -0.4 is 0 Å². The standard InChI is InChI=1S/C51H90NO8P/c1-5-7-9-11-13-15-17-19-21-23-25-27-29-31-33-35-37-39-41-43-50(53)57-47-49(48-59-61(55,56)58-46-45-52(3)4)60-51(54)44-42-40-38-36-34-32-30-28-26-24-22-20-18-16-14-12-10-8-6-2/h7,9,13,15,19,21,25,27,31,33,37,39,49H,5-6,8,10-12,14,16-18,20,22-24,26,28-30,32,34-36,38,40-48H2,1-4H3,(H,55,56)/b9-7-,15-13-,21-19-,27-25-,33-31-,39-37-. The molecule has 0 spiro atoms. The first-order valence-electron chi connectivity index (χ1n) is 24.2. The molecule has 0 fully saturated rings. The van der Waals surface area contributed by atoms with E-state index in [1.54, 1.807) is 0 Å². The summed E-state index contributed by atoms with van der Waals surface area (Å²) in [7, 11) is -0.746. The number of hydrogen-bond acceptors (Lipinski definition) is 8. The number of hydrogen-bond donors (Lipinski definition) is 1. The Bertz CT molecular complexity index is 1240. The van der Waals surface area contributed by atoms with Gasteiger partial charge >= 0.3 is 19.8 Å². The van der Waals surface area contributed by atoms with E-state index in [1.165, 1.54) is 96.3 Å². The Morgan fingerprint density at radius 1 is 0.525 bits per heavy atom. The van der Waals surface area contributed by atoms with Crippen LogP contribution in [0.4, 0.5) is 0 Å². The van der Waals surface area contributed by atoms with Crippen LogP contribution in [0.25, 0.3) is 0 Å². The van der Waals surface area contributed by atoms with Crippen molar-refractivity contribution < 1.29 is 37.6 Å². The zero-order valence-electron chi connectivity index (χ0n) is 39.3. The van der Waals surface area contributed by atoms with Gasteiger partial charge in [0.05, 0.1) is 13.2 Å². The third-order valence-electron chi connectivity index (χ3n) is 10.0. The lowest BCUT2D eigenvalue weighted by Gasteiger charge is -2.20. The highest BCUT2D eigenvalue weighted by atomic mass is 31.2. The van der Waals surface area contributed by atoms with Gasteiger partial charge in [-0.15, -0.1) is 0 Å². The summed E-state index contributed by atoms with van der Waals surface area (Å²) in [4.78, 5) is 37.1. The highest BCUT2D eigenvalue weighted by Gasteiger charge is 2.26. The van der Waals surface area contributed by atoms with Crippen LogP contribution in [-0.4, -0.2) is 68.3 Å². The van der Waals surface area contributed by atoms with Gasteiger partial charge in [-0.3, -0.25) is 18.6 Å². The van der Waals surface area contributed by atoms with E-state index in [1.807, 2.05) is 31.1 Å². The second-order valence-electron chi connectivity index (χ2n) is 16.3. The van der Waals surface area contributed by atoms with Crippen LogP contribution >= 0.6 is 7.82 Å². The maximum Gasteiger partial charge on any atom is 0.472 e. The van der Waals surface area contributed by atoms with Gasteiger partial charge in [0.15, 0.2) is 6.10 Å². The highest BCUT2D eigenvalue weighted by molar-refractivity contribution is 7.47. The Kier molecular flexibility index (Phi) is 43.6. The highest BCUT2D eigenvalue weighted by Crippen LogP contribution is 2.43. The Labute approximate surface area is 374 Å². The molecule has 352 valence electrons. The van der Waals surface area contributed by atoms with Crippen molar-refractivity contribution in [3.8, 4) is 0 Å². The summed E-state index contributed by atoms with van der Waals surface area (Å²) < 4.78 is 33.5. The number of carbonyl (C=O) groups is 2. The molecular weight excluding hydrogens is 786 g/mol. The number of rotatable bonds is 44. The van der Waals surface area contributed by atoms with Crippen molar-refractivity contribution in [2.24, 2.45) is 0 Å². The molecule has 0 aliphatic rings.